The van der Waals surface area contributed by atoms with Gasteiger partial charge in [-0.1, -0.05) is 73.8 Å². The van der Waals surface area contributed by atoms with Gasteiger partial charge in [0, 0.05) is 38.6 Å². The largest absolute Gasteiger partial charge is 0.512 e. The molecule has 6 aromatic rings. The molecule has 5 heteroatoms. The van der Waals surface area contributed by atoms with Gasteiger partial charge in [-0.3, -0.25) is 4.79 Å². The average molecular weight is 707 g/mol. The average Bonchev–Trinajstić information content (AvgIpc) is 3.26. The molecule has 2 aromatic heterocycles. The van der Waals surface area contributed by atoms with E-state index in [1.807, 2.05) is 16.7 Å². The van der Waals surface area contributed by atoms with Gasteiger partial charge in [-0.25, -0.2) is 0 Å². The smallest absolute Gasteiger partial charge is 0.155 e. The van der Waals surface area contributed by atoms with Gasteiger partial charge >= 0.3 is 0 Å². The Balaban J connectivity index is 0.000000413. The molecule has 4 nitrogen and oxygen atoms in total. The molecular weight excluding hydrogens is 675 g/mol. The molecule has 0 saturated carbocycles. The molecule has 4 aromatic carbocycles. The number of fused-ring (bicyclic) bond motifs is 6. The Kier molecular flexibility index (Phi) is 8.78. The van der Waals surface area contributed by atoms with Crippen molar-refractivity contribution in [2.24, 2.45) is 5.92 Å². The maximum absolute atomic E-state index is 10.0. The van der Waals surface area contributed by atoms with Gasteiger partial charge in [-0.05, 0) is 66.1 Å². The van der Waals surface area contributed by atoms with Crippen LogP contribution >= 0.6 is 0 Å². The SMILES string of the molecule is CC(=O)/C=C(/C)O.[CH2-][n+]1c(-c2[c-]c(CC(C)C)cc3c2oc2ccccc23)ccc2c3ccccc3ccc21.[Ir]. The summed E-state index contributed by atoms with van der Waals surface area (Å²) in [5.41, 5.74) is 6.04. The molecule has 0 saturated heterocycles. The van der Waals surface area contributed by atoms with Crippen molar-refractivity contribution < 1.29 is 39.0 Å². The Morgan fingerprint density at radius 2 is 1.65 bits per heavy atom. The third-order valence-corrected chi connectivity index (χ3v) is 6.70. The van der Waals surface area contributed by atoms with Gasteiger partial charge in [0.2, 0.25) is 0 Å². The van der Waals surface area contributed by atoms with Crippen LogP contribution in [0.15, 0.2) is 95.1 Å². The number of carbonyl (C=O) groups excluding carboxylic acids is 1. The van der Waals surface area contributed by atoms with E-state index in [4.69, 9.17) is 9.52 Å². The molecule has 0 aliphatic rings. The van der Waals surface area contributed by atoms with Gasteiger partial charge in [-0.2, -0.15) is 0 Å². The molecule has 0 fully saturated rings. The van der Waals surface area contributed by atoms with E-state index in [-0.39, 0.29) is 31.6 Å². The topological polar surface area (TPSA) is 54.3 Å². The summed E-state index contributed by atoms with van der Waals surface area (Å²) >= 11 is 0. The first kappa shape index (κ1) is 29.1. The number of pyridine rings is 1. The van der Waals surface area contributed by atoms with Gasteiger partial charge in [-0.15, -0.1) is 17.7 Å². The Hall–Kier alpha value is -3.92. The summed E-state index contributed by atoms with van der Waals surface area (Å²) < 4.78 is 8.39. The molecule has 2 heterocycles. The summed E-state index contributed by atoms with van der Waals surface area (Å²) in [6, 6.07) is 31.3. The molecule has 0 unspecified atom stereocenters. The Labute approximate surface area is 248 Å². The van der Waals surface area contributed by atoms with Crippen molar-refractivity contribution in [1.29, 1.82) is 0 Å². The molecule has 205 valence electrons. The van der Waals surface area contributed by atoms with Crippen molar-refractivity contribution in [3.63, 3.8) is 0 Å². The first-order chi connectivity index (χ1) is 18.7. The number of benzene rings is 4. The number of ketones is 1. The van der Waals surface area contributed by atoms with Crippen LogP contribution < -0.4 is 4.57 Å². The van der Waals surface area contributed by atoms with E-state index >= 15 is 0 Å². The van der Waals surface area contributed by atoms with Crippen molar-refractivity contribution in [2.75, 3.05) is 0 Å². The van der Waals surface area contributed by atoms with Crippen LogP contribution in [0.2, 0.25) is 0 Å². The molecule has 0 atom stereocenters. The Morgan fingerprint density at radius 3 is 2.33 bits per heavy atom. The van der Waals surface area contributed by atoms with Crippen LogP contribution in [0.1, 0.15) is 33.3 Å². The van der Waals surface area contributed by atoms with Crippen molar-refractivity contribution in [3.05, 3.63) is 109 Å². The van der Waals surface area contributed by atoms with Crippen molar-refractivity contribution in [2.45, 2.75) is 34.1 Å². The number of furan rings is 1. The van der Waals surface area contributed by atoms with Crippen LogP contribution in [0.25, 0.3) is 54.9 Å². The predicted molar refractivity (Wildman–Crippen MR) is 160 cm³/mol. The summed E-state index contributed by atoms with van der Waals surface area (Å²) in [7, 11) is 4.44. The second kappa shape index (κ2) is 12.1. The summed E-state index contributed by atoms with van der Waals surface area (Å²) in [6.45, 7) is 7.34. The fourth-order valence-corrected chi connectivity index (χ4v) is 5.14. The van der Waals surface area contributed by atoms with Crippen LogP contribution in [0.4, 0.5) is 0 Å². The number of allylic oxidation sites excluding steroid dienone is 2. The van der Waals surface area contributed by atoms with Crippen molar-refractivity contribution >= 4 is 49.4 Å². The molecule has 6 rings (SSSR count). The second-order valence-electron chi connectivity index (χ2n) is 10.4. The third-order valence-electron chi connectivity index (χ3n) is 6.70. The number of hydrogen-bond donors (Lipinski definition) is 1. The van der Waals surface area contributed by atoms with Gasteiger partial charge in [0.25, 0.3) is 0 Å². The zero-order valence-corrected chi connectivity index (χ0v) is 25.5. The molecule has 0 aliphatic carbocycles. The molecule has 1 N–H and O–H groups in total. The van der Waals surface area contributed by atoms with E-state index in [1.54, 1.807) is 0 Å². The van der Waals surface area contributed by atoms with Crippen LogP contribution in [-0.4, -0.2) is 10.9 Å². The first-order valence-electron chi connectivity index (χ1n) is 13.1. The molecule has 0 amide bonds. The summed E-state index contributed by atoms with van der Waals surface area (Å²) in [5, 5.41) is 14.3. The quantitative estimate of drug-likeness (QED) is 0.0658. The van der Waals surface area contributed by atoms with Crippen molar-refractivity contribution in [3.8, 4) is 11.3 Å². The molecule has 0 bridgehead atoms. The number of aliphatic hydroxyl groups excluding tert-OH is 1. The van der Waals surface area contributed by atoms with Gasteiger partial charge in [0.1, 0.15) is 16.8 Å². The number of aliphatic hydroxyl groups is 1. The zero-order valence-electron chi connectivity index (χ0n) is 23.1. The maximum Gasteiger partial charge on any atom is 0.155 e. The van der Waals surface area contributed by atoms with E-state index in [2.05, 4.69) is 93.7 Å². The Bertz CT molecular complexity index is 1880. The summed E-state index contributed by atoms with van der Waals surface area (Å²) in [6.07, 6.45) is 2.14. The predicted octanol–water partition coefficient (Wildman–Crippen LogP) is 8.52. The third kappa shape index (κ3) is 5.82. The van der Waals surface area contributed by atoms with Crippen LogP contribution in [0.3, 0.4) is 0 Å². The number of aromatic nitrogens is 1. The van der Waals surface area contributed by atoms with Crippen LogP contribution in [0, 0.1) is 19.0 Å². The number of para-hydroxylation sites is 1. The van der Waals surface area contributed by atoms with Crippen molar-refractivity contribution in [1.82, 2.24) is 0 Å². The number of nitrogens with zero attached hydrogens (tertiary/aromatic N) is 1. The maximum atomic E-state index is 10.0. The molecule has 0 spiro atoms. The second-order valence-corrected chi connectivity index (χ2v) is 10.4. The van der Waals surface area contributed by atoms with Crippen LogP contribution in [-0.2, 0) is 31.3 Å². The minimum absolute atomic E-state index is 0. The van der Waals surface area contributed by atoms with Crippen LogP contribution in [0.5, 0.6) is 0 Å². The standard InChI is InChI=1S/C30H24NO.C5H8O2.Ir/c1-19(2)16-20-17-25-24-10-6-7-11-29(24)32-30(25)26(18-20)28-15-13-23-22-9-5-4-8-21(22)12-14-27(23)31(28)3;1-4(6)3-5(2)7;/h4-15,17,19H,3,16H2,1-2H3;3,6H,1-2H3;/q-1;;/b;4-3-;. The molecular formula is C35H32IrNO3-. The monoisotopic (exact) mass is 707 g/mol. The first-order valence-corrected chi connectivity index (χ1v) is 13.1. The van der Waals surface area contributed by atoms with E-state index in [0.29, 0.717) is 5.92 Å². The summed E-state index contributed by atoms with van der Waals surface area (Å²) in [5.74, 6) is 0.483. The van der Waals surface area contributed by atoms with E-state index in [0.717, 1.165) is 45.1 Å². The minimum Gasteiger partial charge on any atom is -0.512 e. The van der Waals surface area contributed by atoms with Gasteiger partial charge in [0.05, 0.1) is 11.3 Å². The van der Waals surface area contributed by atoms with Gasteiger partial charge in [0.15, 0.2) is 5.78 Å². The van der Waals surface area contributed by atoms with E-state index in [1.165, 1.54) is 41.6 Å². The zero-order chi connectivity index (χ0) is 27.7. The molecule has 1 radical (unpaired) electrons. The minimum atomic E-state index is -0.125. The Morgan fingerprint density at radius 1 is 0.950 bits per heavy atom. The number of hydrogen-bond acceptors (Lipinski definition) is 3. The number of carbonyl (C=O) groups is 1. The fraction of sp³-hybridized carbons (Fsp3) is 0.171. The van der Waals surface area contributed by atoms with Gasteiger partial charge < -0.3 is 14.1 Å². The van der Waals surface area contributed by atoms with E-state index < -0.39 is 0 Å². The molecule has 0 aliphatic heterocycles. The fourth-order valence-electron chi connectivity index (χ4n) is 5.14. The number of rotatable bonds is 4. The normalized spacial score (nSPS) is 11.6. The molecule has 40 heavy (non-hydrogen) atoms. The summed E-state index contributed by atoms with van der Waals surface area (Å²) in [4.78, 5) is 10.0. The van der Waals surface area contributed by atoms with E-state index in [9.17, 15) is 4.79 Å².